The fraction of sp³-hybridized carbons (Fsp3) is 0.211. The van der Waals surface area contributed by atoms with Crippen LogP contribution in [0.4, 0.5) is 0 Å². The third kappa shape index (κ3) is 4.97. The molecule has 0 aliphatic heterocycles. The SMILES string of the molecule is CC1=Cc2c(CC(=O)[N]([Ti+2])Cc3ccccc3)cccc2C1.[Cl-].[Cl-]. The van der Waals surface area contributed by atoms with E-state index < -0.39 is 0 Å². The summed E-state index contributed by atoms with van der Waals surface area (Å²) in [6, 6.07) is 16.4. The van der Waals surface area contributed by atoms with Crippen molar-refractivity contribution < 1.29 is 50.3 Å². The first-order chi connectivity index (χ1) is 10.6. The Morgan fingerprint density at radius 3 is 2.50 bits per heavy atom. The maximum Gasteiger partial charge on any atom is -1.00 e. The molecular weight excluding hydrogens is 377 g/mol. The van der Waals surface area contributed by atoms with E-state index in [1.807, 2.05) is 38.9 Å². The fourth-order valence-corrected chi connectivity index (χ4v) is 3.28. The van der Waals surface area contributed by atoms with Gasteiger partial charge in [0.15, 0.2) is 0 Å². The summed E-state index contributed by atoms with van der Waals surface area (Å²) in [5.74, 6) is 0.162. The molecule has 0 fully saturated rings. The van der Waals surface area contributed by atoms with Gasteiger partial charge in [-0.25, -0.2) is 0 Å². The van der Waals surface area contributed by atoms with Gasteiger partial charge in [0.2, 0.25) is 0 Å². The summed E-state index contributed by atoms with van der Waals surface area (Å²) in [6.07, 6.45) is 3.70. The minimum atomic E-state index is 0. The van der Waals surface area contributed by atoms with Crippen molar-refractivity contribution in [1.29, 1.82) is 0 Å². The van der Waals surface area contributed by atoms with Crippen molar-refractivity contribution in [3.63, 3.8) is 0 Å². The van der Waals surface area contributed by atoms with Gasteiger partial charge in [0, 0.05) is 0 Å². The zero-order chi connectivity index (χ0) is 15.5. The average molecular weight is 395 g/mol. The topological polar surface area (TPSA) is 20.3 Å². The van der Waals surface area contributed by atoms with Gasteiger partial charge in [-0.1, -0.05) is 0 Å². The molecule has 0 radical (unpaired) electrons. The first kappa shape index (κ1) is 21.0. The van der Waals surface area contributed by atoms with Gasteiger partial charge in [0.25, 0.3) is 0 Å². The number of allylic oxidation sites excluding steroid dienone is 1. The zero-order valence-corrected chi connectivity index (χ0v) is 16.5. The van der Waals surface area contributed by atoms with E-state index in [1.54, 1.807) is 3.38 Å². The number of carbonyl (C=O) groups excluding carboxylic acids is 1. The van der Waals surface area contributed by atoms with Crippen molar-refractivity contribution in [2.24, 2.45) is 0 Å². The standard InChI is InChI=1S/C19H19NO.2ClH.Ti/c1-14-10-16-8-5-9-17(18(16)11-14)12-19(21)20-13-15-6-3-2-4-7-15;;;/h2-9,11H,10,12-13H2,1H3,(H,20,21);2*1H;/q;;;+3/p-3. The molecule has 2 nitrogen and oxygen atoms in total. The number of nitrogens with zero attached hydrogens (tertiary/aromatic N) is 1. The Labute approximate surface area is 167 Å². The van der Waals surface area contributed by atoms with Gasteiger partial charge < -0.3 is 24.8 Å². The molecule has 0 saturated heterocycles. The first-order valence-corrected chi connectivity index (χ1v) is 8.17. The van der Waals surface area contributed by atoms with Gasteiger partial charge in [-0.05, 0) is 0 Å². The molecule has 24 heavy (non-hydrogen) atoms. The van der Waals surface area contributed by atoms with Gasteiger partial charge in [0.05, 0.1) is 0 Å². The molecule has 2 aromatic carbocycles. The summed E-state index contributed by atoms with van der Waals surface area (Å²) in [6.45, 7) is 2.80. The third-order valence-electron chi connectivity index (χ3n) is 3.97. The van der Waals surface area contributed by atoms with Crippen molar-refractivity contribution in [2.45, 2.75) is 26.3 Å². The van der Waals surface area contributed by atoms with Gasteiger partial charge in [-0.15, -0.1) is 0 Å². The third-order valence-corrected chi connectivity index (χ3v) is 4.61. The van der Waals surface area contributed by atoms with Crippen molar-refractivity contribution in [2.75, 3.05) is 0 Å². The first-order valence-electron chi connectivity index (χ1n) is 7.47. The molecule has 2 aromatic rings. The van der Waals surface area contributed by atoms with Crippen LogP contribution in [0.25, 0.3) is 6.08 Å². The quantitative estimate of drug-likeness (QED) is 0.533. The second kappa shape index (κ2) is 9.43. The number of rotatable bonds is 4. The smallest absolute Gasteiger partial charge is 1.00 e. The molecule has 1 aliphatic carbocycles. The minimum absolute atomic E-state index is 0. The van der Waals surface area contributed by atoms with Crippen molar-refractivity contribution in [3.05, 3.63) is 76.4 Å². The van der Waals surface area contributed by atoms with Crippen LogP contribution in [0.2, 0.25) is 0 Å². The number of hydrogen-bond donors (Lipinski definition) is 0. The predicted octanol–water partition coefficient (Wildman–Crippen LogP) is -2.31. The maximum atomic E-state index is 12.5. The number of benzene rings is 2. The summed E-state index contributed by atoms with van der Waals surface area (Å²) in [5.41, 5.74) is 6.26. The summed E-state index contributed by atoms with van der Waals surface area (Å²) in [5, 5.41) is 0. The molecule has 1 aliphatic rings. The molecule has 1 amide bonds. The Balaban J connectivity index is 0.00000144. The average Bonchev–Trinajstić information content (AvgIpc) is 2.89. The van der Waals surface area contributed by atoms with E-state index in [-0.39, 0.29) is 30.7 Å². The molecule has 0 spiro atoms. The van der Waals surface area contributed by atoms with Crippen LogP contribution in [0.1, 0.15) is 29.2 Å². The van der Waals surface area contributed by atoms with Crippen LogP contribution < -0.4 is 24.8 Å². The summed E-state index contributed by atoms with van der Waals surface area (Å²) < 4.78 is 1.81. The van der Waals surface area contributed by atoms with Crippen LogP contribution >= 0.6 is 0 Å². The zero-order valence-electron chi connectivity index (χ0n) is 13.4. The largest absolute Gasteiger partial charge is 1.00 e. The fourth-order valence-electron chi connectivity index (χ4n) is 2.87. The van der Waals surface area contributed by atoms with Crippen LogP contribution in [0.15, 0.2) is 54.1 Å². The van der Waals surface area contributed by atoms with Crippen molar-refractivity contribution >= 4 is 12.0 Å². The Hall–Kier alpha value is -1.06. The number of fused-ring (bicyclic) bond motifs is 1. The van der Waals surface area contributed by atoms with Crippen LogP contribution in [0.3, 0.4) is 0 Å². The summed E-state index contributed by atoms with van der Waals surface area (Å²) >= 11 is 1.87. The molecule has 0 saturated carbocycles. The van der Waals surface area contributed by atoms with E-state index in [2.05, 4.69) is 43.3 Å². The van der Waals surface area contributed by atoms with E-state index in [1.165, 1.54) is 16.7 Å². The van der Waals surface area contributed by atoms with E-state index in [0.29, 0.717) is 13.0 Å². The van der Waals surface area contributed by atoms with Gasteiger partial charge in [-0.2, -0.15) is 0 Å². The molecule has 0 atom stereocenters. The molecule has 0 heterocycles. The summed E-state index contributed by atoms with van der Waals surface area (Å²) in [4.78, 5) is 12.5. The number of carbonyl (C=O) groups is 1. The molecule has 0 aromatic heterocycles. The normalized spacial score (nSPS) is 11.7. The Morgan fingerprint density at radius 1 is 1.08 bits per heavy atom. The van der Waals surface area contributed by atoms with Crippen LogP contribution in [-0.2, 0) is 44.9 Å². The summed E-state index contributed by atoms with van der Waals surface area (Å²) in [7, 11) is 0. The predicted molar refractivity (Wildman–Crippen MR) is 84.5 cm³/mol. The van der Waals surface area contributed by atoms with Crippen LogP contribution in [0, 0.1) is 0 Å². The second-order valence-corrected chi connectivity index (χ2v) is 6.64. The molecule has 0 unspecified atom stereocenters. The molecule has 123 valence electrons. The van der Waals surface area contributed by atoms with Crippen molar-refractivity contribution in [1.82, 2.24) is 3.38 Å². The Bertz CT molecular complexity index is 731. The maximum absolute atomic E-state index is 12.5. The van der Waals surface area contributed by atoms with Gasteiger partial charge in [0.1, 0.15) is 0 Å². The minimum Gasteiger partial charge on any atom is -1.00 e. The van der Waals surface area contributed by atoms with Crippen LogP contribution in [0.5, 0.6) is 0 Å². The number of halogens is 2. The second-order valence-electron chi connectivity index (χ2n) is 5.80. The van der Waals surface area contributed by atoms with Gasteiger partial charge >= 0.3 is 144 Å². The van der Waals surface area contributed by atoms with Crippen LogP contribution in [-0.4, -0.2) is 9.29 Å². The Kier molecular flexibility index (Phi) is 8.25. The monoisotopic (exact) mass is 394 g/mol. The molecule has 0 N–H and O–H groups in total. The molecule has 0 bridgehead atoms. The van der Waals surface area contributed by atoms with E-state index in [9.17, 15) is 4.79 Å². The molecular formula is C19H18Cl2NOTi. The number of hydrogen-bond acceptors (Lipinski definition) is 1. The molecule has 5 heteroatoms. The van der Waals surface area contributed by atoms with Crippen molar-refractivity contribution in [3.8, 4) is 0 Å². The van der Waals surface area contributed by atoms with E-state index in [4.69, 9.17) is 0 Å². The van der Waals surface area contributed by atoms with E-state index in [0.717, 1.165) is 17.5 Å². The molecule has 3 rings (SSSR count). The Morgan fingerprint density at radius 2 is 1.79 bits per heavy atom. The van der Waals surface area contributed by atoms with Gasteiger partial charge in [-0.3, -0.25) is 0 Å². The number of amides is 1. The van der Waals surface area contributed by atoms with E-state index >= 15 is 0 Å².